The number of carbonyl (C=O) groups excluding carboxylic acids is 1. The maximum Gasteiger partial charge on any atom is 0.225 e. The van der Waals surface area contributed by atoms with Gasteiger partial charge in [0.2, 0.25) is 5.91 Å². The van der Waals surface area contributed by atoms with Gasteiger partial charge >= 0.3 is 0 Å². The largest absolute Gasteiger partial charge is 0.399 e. The monoisotopic (exact) mass is 284 g/mol. The number of anilines is 1. The van der Waals surface area contributed by atoms with Crippen molar-refractivity contribution in [3.63, 3.8) is 0 Å². The first-order valence-corrected chi connectivity index (χ1v) is 7.27. The molecule has 0 spiro atoms. The average molecular weight is 284 g/mol. The maximum absolute atomic E-state index is 12.2. The van der Waals surface area contributed by atoms with E-state index in [2.05, 4.69) is 10.4 Å². The fourth-order valence-corrected chi connectivity index (χ4v) is 2.98. The highest BCUT2D eigenvalue weighted by Crippen LogP contribution is 2.30. The molecule has 1 aromatic carbocycles. The van der Waals surface area contributed by atoms with Gasteiger partial charge in [-0.3, -0.25) is 9.48 Å². The van der Waals surface area contributed by atoms with Crippen LogP contribution in [-0.4, -0.2) is 15.7 Å². The van der Waals surface area contributed by atoms with E-state index in [1.165, 1.54) is 11.1 Å². The van der Waals surface area contributed by atoms with Gasteiger partial charge in [-0.15, -0.1) is 0 Å². The second-order valence-corrected chi connectivity index (χ2v) is 5.67. The summed E-state index contributed by atoms with van der Waals surface area (Å²) in [7, 11) is 1.85. The van der Waals surface area contributed by atoms with Crippen LogP contribution in [-0.2, 0) is 24.7 Å². The number of hydrogen-bond acceptors (Lipinski definition) is 3. The number of aryl methyl sites for hydroxylation is 2. The number of hydrogen-bond donors (Lipinski definition) is 2. The highest BCUT2D eigenvalue weighted by Gasteiger charge is 2.22. The molecule has 5 nitrogen and oxygen atoms in total. The number of nitrogens with one attached hydrogen (secondary N) is 1. The summed E-state index contributed by atoms with van der Waals surface area (Å²) in [6, 6.07) is 6.07. The standard InChI is InChI=1S/C16H20N4O/c1-20-10-11(9-18-20)7-16(21)19-15-4-2-3-12-8-13(17)5-6-14(12)15/h5-6,8-10,15H,2-4,7,17H2,1H3,(H,19,21). The van der Waals surface area contributed by atoms with Gasteiger partial charge in [-0.05, 0) is 48.1 Å². The fourth-order valence-electron chi connectivity index (χ4n) is 2.98. The Kier molecular flexibility index (Phi) is 3.64. The van der Waals surface area contributed by atoms with Crippen molar-refractivity contribution in [1.29, 1.82) is 0 Å². The zero-order chi connectivity index (χ0) is 14.8. The molecule has 0 fully saturated rings. The number of fused-ring (bicyclic) bond motifs is 1. The minimum absolute atomic E-state index is 0.0395. The van der Waals surface area contributed by atoms with Gasteiger partial charge in [0, 0.05) is 18.9 Å². The molecule has 1 unspecified atom stereocenters. The van der Waals surface area contributed by atoms with Crippen LogP contribution in [0.2, 0.25) is 0 Å². The van der Waals surface area contributed by atoms with Crippen LogP contribution in [0, 0.1) is 0 Å². The quantitative estimate of drug-likeness (QED) is 0.843. The first-order valence-electron chi connectivity index (χ1n) is 7.27. The maximum atomic E-state index is 12.2. The van der Waals surface area contributed by atoms with E-state index in [0.717, 1.165) is 30.5 Å². The number of nitrogens with zero attached hydrogens (tertiary/aromatic N) is 2. The third kappa shape index (κ3) is 3.07. The molecule has 5 heteroatoms. The van der Waals surface area contributed by atoms with Gasteiger partial charge in [0.1, 0.15) is 0 Å². The molecule has 0 bridgehead atoms. The van der Waals surface area contributed by atoms with E-state index >= 15 is 0 Å². The van der Waals surface area contributed by atoms with Gasteiger partial charge in [0.05, 0.1) is 18.7 Å². The molecule has 1 aromatic heterocycles. The second kappa shape index (κ2) is 5.60. The SMILES string of the molecule is Cn1cc(CC(=O)NC2CCCc3cc(N)ccc32)cn1. The summed E-state index contributed by atoms with van der Waals surface area (Å²) < 4.78 is 1.71. The Morgan fingerprint density at radius 1 is 1.52 bits per heavy atom. The normalized spacial score (nSPS) is 17.3. The first-order chi connectivity index (χ1) is 10.1. The number of nitrogens with two attached hydrogens (primary N) is 1. The van der Waals surface area contributed by atoms with E-state index in [0.29, 0.717) is 6.42 Å². The highest BCUT2D eigenvalue weighted by molar-refractivity contribution is 5.79. The van der Waals surface area contributed by atoms with Crippen molar-refractivity contribution in [2.45, 2.75) is 31.7 Å². The summed E-state index contributed by atoms with van der Waals surface area (Å²) in [4.78, 5) is 12.2. The lowest BCUT2D eigenvalue weighted by molar-refractivity contribution is -0.121. The van der Waals surface area contributed by atoms with Crippen LogP contribution >= 0.6 is 0 Å². The van der Waals surface area contributed by atoms with Crippen molar-refractivity contribution in [2.75, 3.05) is 5.73 Å². The van der Waals surface area contributed by atoms with Crippen molar-refractivity contribution in [2.24, 2.45) is 7.05 Å². The molecule has 1 heterocycles. The molecular formula is C16H20N4O. The Balaban J connectivity index is 1.70. The molecule has 110 valence electrons. The summed E-state index contributed by atoms with van der Waals surface area (Å²) in [6.45, 7) is 0. The third-order valence-electron chi connectivity index (χ3n) is 3.94. The number of carbonyl (C=O) groups is 1. The van der Waals surface area contributed by atoms with Crippen LogP contribution in [0.1, 0.15) is 35.6 Å². The minimum Gasteiger partial charge on any atom is -0.399 e. The number of benzene rings is 1. The average Bonchev–Trinajstić information content (AvgIpc) is 2.83. The molecular weight excluding hydrogens is 264 g/mol. The van der Waals surface area contributed by atoms with Crippen LogP contribution in [0.5, 0.6) is 0 Å². The summed E-state index contributed by atoms with van der Waals surface area (Å²) in [5.74, 6) is 0.0395. The van der Waals surface area contributed by atoms with E-state index in [1.807, 2.05) is 31.4 Å². The number of rotatable bonds is 3. The van der Waals surface area contributed by atoms with Crippen LogP contribution in [0.25, 0.3) is 0 Å². The van der Waals surface area contributed by atoms with Gasteiger partial charge in [-0.1, -0.05) is 6.07 Å². The molecule has 1 aliphatic rings. The molecule has 0 saturated heterocycles. The van der Waals surface area contributed by atoms with Gasteiger partial charge in [-0.25, -0.2) is 0 Å². The number of amides is 1. The Hall–Kier alpha value is -2.30. The third-order valence-corrected chi connectivity index (χ3v) is 3.94. The molecule has 3 N–H and O–H groups in total. The van der Waals surface area contributed by atoms with Gasteiger partial charge in [0.25, 0.3) is 0 Å². The van der Waals surface area contributed by atoms with E-state index < -0.39 is 0 Å². The van der Waals surface area contributed by atoms with Crippen molar-refractivity contribution in [3.8, 4) is 0 Å². The highest BCUT2D eigenvalue weighted by atomic mass is 16.1. The second-order valence-electron chi connectivity index (χ2n) is 5.67. The zero-order valence-electron chi connectivity index (χ0n) is 12.2. The molecule has 3 rings (SSSR count). The van der Waals surface area contributed by atoms with Crippen LogP contribution in [0.15, 0.2) is 30.6 Å². The van der Waals surface area contributed by atoms with Gasteiger partial charge in [0.15, 0.2) is 0 Å². The molecule has 2 aromatic rings. The number of nitrogen functional groups attached to an aromatic ring is 1. The lowest BCUT2D eigenvalue weighted by atomic mass is 9.87. The fraction of sp³-hybridized carbons (Fsp3) is 0.375. The van der Waals surface area contributed by atoms with E-state index in [4.69, 9.17) is 5.73 Å². The van der Waals surface area contributed by atoms with Crippen molar-refractivity contribution < 1.29 is 4.79 Å². The summed E-state index contributed by atoms with van der Waals surface area (Å²) in [5, 5.41) is 7.22. The predicted molar refractivity (Wildman–Crippen MR) is 81.6 cm³/mol. The zero-order valence-corrected chi connectivity index (χ0v) is 12.2. The van der Waals surface area contributed by atoms with Crippen molar-refractivity contribution in [1.82, 2.24) is 15.1 Å². The topological polar surface area (TPSA) is 72.9 Å². The Morgan fingerprint density at radius 2 is 2.38 bits per heavy atom. The van der Waals surface area contributed by atoms with E-state index in [9.17, 15) is 4.79 Å². The Morgan fingerprint density at radius 3 is 3.14 bits per heavy atom. The molecule has 21 heavy (non-hydrogen) atoms. The molecule has 1 atom stereocenters. The lowest BCUT2D eigenvalue weighted by Crippen LogP contribution is -2.32. The minimum atomic E-state index is 0.0395. The van der Waals surface area contributed by atoms with E-state index in [-0.39, 0.29) is 11.9 Å². The van der Waals surface area contributed by atoms with Crippen molar-refractivity contribution in [3.05, 3.63) is 47.3 Å². The van der Waals surface area contributed by atoms with Crippen LogP contribution in [0.4, 0.5) is 5.69 Å². The first kappa shape index (κ1) is 13.7. The van der Waals surface area contributed by atoms with E-state index in [1.54, 1.807) is 10.9 Å². The van der Waals surface area contributed by atoms with Gasteiger partial charge < -0.3 is 11.1 Å². The molecule has 0 aliphatic heterocycles. The summed E-state index contributed by atoms with van der Waals surface area (Å²) >= 11 is 0. The molecule has 1 aliphatic carbocycles. The lowest BCUT2D eigenvalue weighted by Gasteiger charge is -2.26. The Bertz CT molecular complexity index is 662. The molecule has 1 amide bonds. The molecule has 0 radical (unpaired) electrons. The molecule has 0 saturated carbocycles. The predicted octanol–water partition coefficient (Wildman–Crippen LogP) is 1.74. The Labute approximate surface area is 124 Å². The van der Waals surface area contributed by atoms with Crippen molar-refractivity contribution >= 4 is 11.6 Å². The smallest absolute Gasteiger partial charge is 0.225 e. The van der Waals surface area contributed by atoms with Crippen LogP contribution < -0.4 is 11.1 Å². The summed E-state index contributed by atoms with van der Waals surface area (Å²) in [5.41, 5.74) is 10.0. The van der Waals surface area contributed by atoms with Crippen LogP contribution in [0.3, 0.4) is 0 Å². The summed E-state index contributed by atoms with van der Waals surface area (Å²) in [6.07, 6.45) is 7.07. The number of aromatic nitrogens is 2. The van der Waals surface area contributed by atoms with Gasteiger partial charge in [-0.2, -0.15) is 5.10 Å².